The molecule has 0 fully saturated rings. The number of phenols is 1. The van der Waals surface area contributed by atoms with Gasteiger partial charge in [-0.1, -0.05) is 42.8 Å². The highest BCUT2D eigenvalue weighted by atomic mass is 35.5. The summed E-state index contributed by atoms with van der Waals surface area (Å²) in [6.45, 7) is 2.10. The van der Waals surface area contributed by atoms with Crippen molar-refractivity contribution in [3.8, 4) is 5.75 Å². The minimum absolute atomic E-state index is 0.254. The van der Waals surface area contributed by atoms with Crippen molar-refractivity contribution in [3.63, 3.8) is 0 Å². The molecule has 106 valence electrons. The zero-order chi connectivity index (χ0) is 14.5. The molecule has 0 aliphatic rings. The minimum Gasteiger partial charge on any atom is -0.508 e. The van der Waals surface area contributed by atoms with Crippen molar-refractivity contribution >= 4 is 11.6 Å². The maximum Gasteiger partial charge on any atom is 0.115 e. The number of rotatable bonds is 5. The largest absolute Gasteiger partial charge is 0.508 e. The lowest BCUT2D eigenvalue weighted by molar-refractivity contribution is 0.156. The Morgan fingerprint density at radius 2 is 1.75 bits per heavy atom. The molecule has 0 saturated heterocycles. The average Bonchev–Trinajstić information content (AvgIpc) is 2.45. The second-order valence-electron chi connectivity index (χ2n) is 5.00. The van der Waals surface area contributed by atoms with E-state index in [1.54, 1.807) is 24.3 Å². The molecule has 20 heavy (non-hydrogen) atoms. The quantitative estimate of drug-likeness (QED) is 0.840. The summed E-state index contributed by atoms with van der Waals surface area (Å²) in [6.07, 6.45) is 1.04. The van der Waals surface area contributed by atoms with Gasteiger partial charge in [0.1, 0.15) is 5.75 Å². The number of hydrogen-bond acceptors (Lipinski definition) is 2. The van der Waals surface area contributed by atoms with E-state index in [2.05, 4.69) is 6.92 Å². The summed E-state index contributed by atoms with van der Waals surface area (Å²) in [5, 5.41) is 20.3. The van der Waals surface area contributed by atoms with Gasteiger partial charge in [-0.2, -0.15) is 0 Å². The molecule has 2 aromatic rings. The molecule has 0 spiro atoms. The van der Waals surface area contributed by atoms with E-state index in [-0.39, 0.29) is 11.7 Å². The zero-order valence-electron chi connectivity index (χ0n) is 11.5. The second-order valence-corrected chi connectivity index (χ2v) is 5.44. The number of benzene rings is 2. The first-order valence-corrected chi connectivity index (χ1v) is 7.20. The fourth-order valence-electron chi connectivity index (χ4n) is 2.40. The van der Waals surface area contributed by atoms with Crippen LogP contribution in [0, 0.1) is 0 Å². The summed E-state index contributed by atoms with van der Waals surface area (Å²) in [6, 6.07) is 14.5. The lowest BCUT2D eigenvalue weighted by Crippen LogP contribution is -2.05. The van der Waals surface area contributed by atoms with Crippen LogP contribution in [0.4, 0.5) is 0 Å². The lowest BCUT2D eigenvalue weighted by atomic mass is 9.89. The van der Waals surface area contributed by atoms with Crippen LogP contribution in [0.5, 0.6) is 5.75 Å². The molecule has 2 aromatic carbocycles. The number of halogens is 1. The maximum absolute atomic E-state index is 10.4. The van der Waals surface area contributed by atoms with Crippen LogP contribution in [0.1, 0.15) is 42.9 Å². The van der Waals surface area contributed by atoms with Gasteiger partial charge in [-0.05, 0) is 54.2 Å². The van der Waals surface area contributed by atoms with Crippen molar-refractivity contribution in [2.75, 3.05) is 0 Å². The Morgan fingerprint density at radius 1 is 1.05 bits per heavy atom. The smallest absolute Gasteiger partial charge is 0.115 e. The van der Waals surface area contributed by atoms with Crippen LogP contribution in [-0.2, 0) is 0 Å². The van der Waals surface area contributed by atoms with Crippen LogP contribution in [0.15, 0.2) is 48.5 Å². The van der Waals surface area contributed by atoms with Crippen molar-refractivity contribution in [3.05, 3.63) is 64.7 Å². The standard InChI is InChI=1S/C17H19ClO2/c1-2-12(13-6-8-16(19)9-7-13)11-17(20)14-4-3-5-15(18)10-14/h3-10,12,17,19-20H,2,11H2,1H3/t12?,17-/m1/s1. The Bertz CT molecular complexity index is 551. The first-order chi connectivity index (χ1) is 9.60. The van der Waals surface area contributed by atoms with E-state index in [1.165, 1.54) is 0 Å². The number of aliphatic hydroxyl groups excluding tert-OH is 1. The third-order valence-electron chi connectivity index (χ3n) is 3.60. The number of hydrogen-bond donors (Lipinski definition) is 2. The molecule has 0 amide bonds. The molecule has 1 unspecified atom stereocenters. The molecule has 2 N–H and O–H groups in total. The molecule has 0 aliphatic heterocycles. The third-order valence-corrected chi connectivity index (χ3v) is 3.83. The van der Waals surface area contributed by atoms with Gasteiger partial charge in [0.05, 0.1) is 6.10 Å². The molecule has 0 aromatic heterocycles. The van der Waals surface area contributed by atoms with Gasteiger partial charge in [-0.3, -0.25) is 0 Å². The highest BCUT2D eigenvalue weighted by molar-refractivity contribution is 6.30. The molecule has 0 radical (unpaired) electrons. The molecule has 2 rings (SSSR count). The van der Waals surface area contributed by atoms with Crippen LogP contribution in [-0.4, -0.2) is 10.2 Å². The van der Waals surface area contributed by atoms with E-state index in [0.717, 1.165) is 17.5 Å². The van der Waals surface area contributed by atoms with Crippen molar-refractivity contribution < 1.29 is 10.2 Å². The van der Waals surface area contributed by atoms with Gasteiger partial charge >= 0.3 is 0 Å². The second kappa shape index (κ2) is 6.78. The number of aromatic hydroxyl groups is 1. The van der Waals surface area contributed by atoms with Gasteiger partial charge in [-0.15, -0.1) is 0 Å². The fraction of sp³-hybridized carbons (Fsp3) is 0.294. The Kier molecular flexibility index (Phi) is 5.05. The van der Waals surface area contributed by atoms with Crippen LogP contribution in [0.3, 0.4) is 0 Å². The Morgan fingerprint density at radius 3 is 2.35 bits per heavy atom. The Balaban J connectivity index is 2.11. The first-order valence-electron chi connectivity index (χ1n) is 6.82. The molecular formula is C17H19ClO2. The minimum atomic E-state index is -0.535. The molecule has 2 nitrogen and oxygen atoms in total. The topological polar surface area (TPSA) is 40.5 Å². The van der Waals surface area contributed by atoms with Gasteiger partial charge in [-0.25, -0.2) is 0 Å². The van der Waals surface area contributed by atoms with Gasteiger partial charge in [0, 0.05) is 5.02 Å². The van der Waals surface area contributed by atoms with Gasteiger partial charge in [0.2, 0.25) is 0 Å². The summed E-state index contributed by atoms with van der Waals surface area (Å²) in [5.41, 5.74) is 1.97. The summed E-state index contributed by atoms with van der Waals surface area (Å²) >= 11 is 5.95. The van der Waals surface area contributed by atoms with Gasteiger partial charge in [0.15, 0.2) is 0 Å². The summed E-state index contributed by atoms with van der Waals surface area (Å²) in [7, 11) is 0. The molecule has 0 aliphatic carbocycles. The van der Waals surface area contributed by atoms with Crippen molar-refractivity contribution in [2.45, 2.75) is 31.8 Å². The predicted molar refractivity (Wildman–Crippen MR) is 82.2 cm³/mol. The molecule has 0 heterocycles. The lowest BCUT2D eigenvalue weighted by Gasteiger charge is -2.20. The zero-order valence-corrected chi connectivity index (χ0v) is 12.2. The van der Waals surface area contributed by atoms with Crippen molar-refractivity contribution in [1.82, 2.24) is 0 Å². The fourth-order valence-corrected chi connectivity index (χ4v) is 2.60. The molecule has 2 atom stereocenters. The van der Waals surface area contributed by atoms with Crippen LogP contribution < -0.4 is 0 Å². The average molecular weight is 291 g/mol. The predicted octanol–water partition coefficient (Wildman–Crippen LogP) is 4.66. The monoisotopic (exact) mass is 290 g/mol. The van der Waals surface area contributed by atoms with Gasteiger partial charge < -0.3 is 10.2 Å². The van der Waals surface area contributed by atoms with E-state index in [1.807, 2.05) is 24.3 Å². The van der Waals surface area contributed by atoms with Crippen LogP contribution in [0.2, 0.25) is 5.02 Å². The Labute approximate surface area is 124 Å². The third kappa shape index (κ3) is 3.75. The van der Waals surface area contributed by atoms with E-state index in [4.69, 9.17) is 11.6 Å². The van der Waals surface area contributed by atoms with Crippen molar-refractivity contribution in [1.29, 1.82) is 0 Å². The highest BCUT2D eigenvalue weighted by Gasteiger charge is 2.16. The molecule has 3 heteroatoms. The Hall–Kier alpha value is -1.51. The number of aliphatic hydroxyl groups is 1. The summed E-state index contributed by atoms with van der Waals surface area (Å²) in [4.78, 5) is 0. The van der Waals surface area contributed by atoms with Crippen LogP contribution >= 0.6 is 11.6 Å². The number of phenolic OH excluding ortho intramolecular Hbond substituents is 1. The van der Waals surface area contributed by atoms with Gasteiger partial charge in [0.25, 0.3) is 0 Å². The van der Waals surface area contributed by atoms with E-state index < -0.39 is 6.10 Å². The maximum atomic E-state index is 10.4. The molecular weight excluding hydrogens is 272 g/mol. The summed E-state index contributed by atoms with van der Waals surface area (Å²) in [5.74, 6) is 0.517. The molecule has 0 bridgehead atoms. The SMILES string of the molecule is CCC(C[C@@H](O)c1cccc(Cl)c1)c1ccc(O)cc1. The first kappa shape index (κ1) is 14.9. The van der Waals surface area contributed by atoms with E-state index >= 15 is 0 Å². The van der Waals surface area contributed by atoms with Crippen molar-refractivity contribution in [2.24, 2.45) is 0 Å². The van der Waals surface area contributed by atoms with E-state index in [0.29, 0.717) is 11.4 Å². The summed E-state index contributed by atoms with van der Waals surface area (Å²) < 4.78 is 0. The normalized spacial score (nSPS) is 13.9. The van der Waals surface area contributed by atoms with E-state index in [9.17, 15) is 10.2 Å². The highest BCUT2D eigenvalue weighted by Crippen LogP contribution is 2.32. The van der Waals surface area contributed by atoms with Crippen LogP contribution in [0.25, 0.3) is 0 Å². The molecule has 0 saturated carbocycles.